The Labute approximate surface area is 309 Å². The van der Waals surface area contributed by atoms with Crippen molar-refractivity contribution in [2.24, 2.45) is 0 Å². The van der Waals surface area contributed by atoms with Crippen LogP contribution in [0, 0.1) is 0 Å². The van der Waals surface area contributed by atoms with Gasteiger partial charge in [0.1, 0.15) is 0 Å². The van der Waals surface area contributed by atoms with E-state index < -0.39 is 0 Å². The Balaban J connectivity index is 1.04. The summed E-state index contributed by atoms with van der Waals surface area (Å²) in [7, 11) is 0. The standard InChI is InChI=1S/C53H36/c1-53(2)49-32-39(26-27-42(49)48-30-34-13-3-4-14-35(34)31-50(48)53)37-22-23-38-29-40(25-24-36(38)28-37)51-44-17-7-9-19-46(44)52(47-20-10-8-18-45(47)51)43-21-11-15-33-12-5-6-16-41(33)43/h3-32H,1-2H3. The van der Waals surface area contributed by atoms with Crippen LogP contribution in [0.25, 0.3) is 98.4 Å². The number of hydrogen-bond donors (Lipinski definition) is 0. The summed E-state index contributed by atoms with van der Waals surface area (Å²) >= 11 is 0. The molecule has 0 unspecified atom stereocenters. The largest absolute Gasteiger partial charge is 0.0616 e. The molecule has 0 nitrogen and oxygen atoms in total. The number of rotatable bonds is 3. The third kappa shape index (κ3) is 4.49. The van der Waals surface area contributed by atoms with Gasteiger partial charge >= 0.3 is 0 Å². The van der Waals surface area contributed by atoms with E-state index >= 15 is 0 Å². The van der Waals surface area contributed by atoms with Crippen molar-refractivity contribution in [3.05, 3.63) is 193 Å². The van der Waals surface area contributed by atoms with Gasteiger partial charge in [-0.15, -0.1) is 0 Å². The van der Waals surface area contributed by atoms with E-state index in [2.05, 4.69) is 196 Å². The van der Waals surface area contributed by atoms with Crippen molar-refractivity contribution in [3.63, 3.8) is 0 Å². The van der Waals surface area contributed by atoms with Gasteiger partial charge in [0.05, 0.1) is 0 Å². The molecule has 0 saturated carbocycles. The number of fused-ring (bicyclic) bond motifs is 8. The minimum atomic E-state index is -0.0643. The molecule has 0 amide bonds. The molecule has 0 aromatic heterocycles. The quantitative estimate of drug-likeness (QED) is 0.164. The number of hydrogen-bond acceptors (Lipinski definition) is 0. The van der Waals surface area contributed by atoms with Crippen LogP contribution < -0.4 is 0 Å². The fourth-order valence-electron chi connectivity index (χ4n) is 9.35. The van der Waals surface area contributed by atoms with E-state index in [1.807, 2.05) is 0 Å². The van der Waals surface area contributed by atoms with Gasteiger partial charge in [-0.1, -0.05) is 166 Å². The molecule has 248 valence electrons. The molecule has 0 spiro atoms. The third-order valence-corrected chi connectivity index (χ3v) is 12.0. The lowest BCUT2D eigenvalue weighted by Crippen LogP contribution is -2.15. The first-order valence-corrected chi connectivity index (χ1v) is 18.7. The summed E-state index contributed by atoms with van der Waals surface area (Å²) in [4.78, 5) is 0. The summed E-state index contributed by atoms with van der Waals surface area (Å²) in [5, 5.41) is 12.8. The van der Waals surface area contributed by atoms with E-state index in [-0.39, 0.29) is 5.41 Å². The van der Waals surface area contributed by atoms with E-state index in [0.717, 1.165) is 0 Å². The minimum Gasteiger partial charge on any atom is -0.0616 e. The second kappa shape index (κ2) is 11.2. The van der Waals surface area contributed by atoms with E-state index in [9.17, 15) is 0 Å². The van der Waals surface area contributed by atoms with Crippen LogP contribution in [0.2, 0.25) is 0 Å². The fourth-order valence-corrected chi connectivity index (χ4v) is 9.35. The van der Waals surface area contributed by atoms with Crippen molar-refractivity contribution in [1.29, 1.82) is 0 Å². The Morgan fingerprint density at radius 2 is 0.755 bits per heavy atom. The molecular weight excluding hydrogens is 637 g/mol. The van der Waals surface area contributed by atoms with Crippen LogP contribution in [0.4, 0.5) is 0 Å². The predicted molar refractivity (Wildman–Crippen MR) is 228 cm³/mol. The molecule has 0 N–H and O–H groups in total. The van der Waals surface area contributed by atoms with Crippen LogP contribution in [0.1, 0.15) is 25.0 Å². The maximum absolute atomic E-state index is 2.44. The zero-order chi connectivity index (χ0) is 35.3. The monoisotopic (exact) mass is 672 g/mol. The summed E-state index contributed by atoms with van der Waals surface area (Å²) in [5.41, 5.74) is 13.1. The van der Waals surface area contributed by atoms with Gasteiger partial charge in [0.15, 0.2) is 0 Å². The molecule has 0 atom stereocenters. The molecule has 0 fully saturated rings. The Kier molecular flexibility index (Phi) is 6.40. The fraction of sp³-hybridized carbons (Fsp3) is 0.0566. The summed E-state index contributed by atoms with van der Waals surface area (Å²) in [6, 6.07) is 68.0. The van der Waals surface area contributed by atoms with Crippen LogP contribution in [0.5, 0.6) is 0 Å². The van der Waals surface area contributed by atoms with Crippen LogP contribution in [-0.4, -0.2) is 0 Å². The highest BCUT2D eigenvalue weighted by Crippen LogP contribution is 2.51. The first-order valence-electron chi connectivity index (χ1n) is 18.7. The lowest BCUT2D eigenvalue weighted by molar-refractivity contribution is 0.661. The Morgan fingerprint density at radius 3 is 1.45 bits per heavy atom. The molecule has 0 heterocycles. The molecule has 1 aliphatic rings. The normalized spacial score (nSPS) is 13.2. The average Bonchev–Trinajstić information content (AvgIpc) is 3.42. The lowest BCUT2D eigenvalue weighted by Gasteiger charge is -2.22. The van der Waals surface area contributed by atoms with Gasteiger partial charge in [-0.3, -0.25) is 0 Å². The average molecular weight is 673 g/mol. The van der Waals surface area contributed by atoms with Crippen LogP contribution in [0.15, 0.2) is 182 Å². The van der Waals surface area contributed by atoms with Crippen LogP contribution in [0.3, 0.4) is 0 Å². The van der Waals surface area contributed by atoms with Crippen LogP contribution in [-0.2, 0) is 5.41 Å². The maximum Gasteiger partial charge on any atom is 0.0159 e. The molecule has 0 bridgehead atoms. The van der Waals surface area contributed by atoms with Crippen molar-refractivity contribution in [2.45, 2.75) is 19.3 Å². The molecule has 1 aliphatic carbocycles. The molecule has 0 saturated heterocycles. The highest BCUT2D eigenvalue weighted by atomic mass is 14.4. The molecule has 53 heavy (non-hydrogen) atoms. The zero-order valence-corrected chi connectivity index (χ0v) is 29.8. The van der Waals surface area contributed by atoms with E-state index in [0.29, 0.717) is 0 Å². The van der Waals surface area contributed by atoms with Gasteiger partial charge in [-0.25, -0.2) is 0 Å². The van der Waals surface area contributed by atoms with Crippen molar-refractivity contribution in [3.8, 4) is 44.5 Å². The summed E-state index contributed by atoms with van der Waals surface area (Å²) < 4.78 is 0. The van der Waals surface area contributed by atoms with Crippen molar-refractivity contribution in [1.82, 2.24) is 0 Å². The minimum absolute atomic E-state index is 0.0643. The van der Waals surface area contributed by atoms with Crippen molar-refractivity contribution < 1.29 is 0 Å². The maximum atomic E-state index is 2.44. The van der Waals surface area contributed by atoms with Gasteiger partial charge in [0.2, 0.25) is 0 Å². The third-order valence-electron chi connectivity index (χ3n) is 12.0. The summed E-state index contributed by atoms with van der Waals surface area (Å²) in [6.07, 6.45) is 0. The topological polar surface area (TPSA) is 0 Å². The second-order valence-electron chi connectivity index (χ2n) is 15.3. The molecule has 10 aromatic carbocycles. The van der Waals surface area contributed by atoms with Crippen LogP contribution >= 0.6 is 0 Å². The highest BCUT2D eigenvalue weighted by molar-refractivity contribution is 6.23. The molecular formula is C53H36. The van der Waals surface area contributed by atoms with Gasteiger partial charge in [-0.05, 0) is 140 Å². The SMILES string of the molecule is CC1(C)c2cc(-c3ccc4cc(-c5c6ccccc6c(-c6cccc7ccccc67)c6ccccc56)ccc4c3)ccc2-c2cc3ccccc3cc21. The number of benzene rings is 10. The van der Waals surface area contributed by atoms with Crippen molar-refractivity contribution in [2.75, 3.05) is 0 Å². The molecule has 11 rings (SSSR count). The van der Waals surface area contributed by atoms with E-state index in [4.69, 9.17) is 0 Å². The zero-order valence-electron chi connectivity index (χ0n) is 29.8. The van der Waals surface area contributed by atoms with Gasteiger partial charge < -0.3 is 0 Å². The molecule has 0 radical (unpaired) electrons. The highest BCUT2D eigenvalue weighted by Gasteiger charge is 2.36. The lowest BCUT2D eigenvalue weighted by atomic mass is 9.81. The Hall–Kier alpha value is -6.50. The molecule has 10 aromatic rings. The summed E-state index contributed by atoms with van der Waals surface area (Å²) in [6.45, 7) is 4.75. The first kappa shape index (κ1) is 30.2. The van der Waals surface area contributed by atoms with Gasteiger partial charge in [0.25, 0.3) is 0 Å². The Bertz CT molecular complexity index is 3080. The Morgan fingerprint density at radius 1 is 0.283 bits per heavy atom. The smallest absolute Gasteiger partial charge is 0.0159 e. The first-order chi connectivity index (χ1) is 26.0. The van der Waals surface area contributed by atoms with E-state index in [1.165, 1.54) is 109 Å². The van der Waals surface area contributed by atoms with Gasteiger partial charge in [0, 0.05) is 5.41 Å². The second-order valence-corrected chi connectivity index (χ2v) is 15.3. The summed E-state index contributed by atoms with van der Waals surface area (Å²) in [5.74, 6) is 0. The van der Waals surface area contributed by atoms with Gasteiger partial charge in [-0.2, -0.15) is 0 Å². The van der Waals surface area contributed by atoms with E-state index in [1.54, 1.807) is 0 Å². The van der Waals surface area contributed by atoms with Crippen molar-refractivity contribution >= 4 is 53.9 Å². The molecule has 0 heteroatoms. The predicted octanol–water partition coefficient (Wildman–Crippen LogP) is 14.8. The molecule has 0 aliphatic heterocycles.